The molecule has 1 amide bonds. The minimum absolute atomic E-state index is 0.0553. The topological polar surface area (TPSA) is 80.4 Å². The van der Waals surface area contributed by atoms with Gasteiger partial charge in [-0.2, -0.15) is 5.10 Å². The number of thioether (sulfide) groups is 1. The predicted molar refractivity (Wildman–Crippen MR) is 142 cm³/mol. The summed E-state index contributed by atoms with van der Waals surface area (Å²) in [5.74, 6) is -0.547. The molecule has 2 aromatic rings. The molecule has 0 radical (unpaired) electrons. The van der Waals surface area contributed by atoms with Gasteiger partial charge in [0, 0.05) is 17.7 Å². The highest BCUT2D eigenvalue weighted by atomic mass is 32.2. The fraction of sp³-hybridized carbons (Fsp3) is 0.185. The molecule has 2 N–H and O–H groups in total. The van der Waals surface area contributed by atoms with Crippen molar-refractivity contribution >= 4 is 34.6 Å². The maximum Gasteiger partial charge on any atom is 0.253 e. The molecule has 5 nitrogen and oxygen atoms in total. The Kier molecular flexibility index (Phi) is 11.4. The molecular formula is C27H29FN4OS. The number of amides is 1. The Morgan fingerprint density at radius 1 is 1.06 bits per heavy atom. The van der Waals surface area contributed by atoms with E-state index >= 15 is 0 Å². The Morgan fingerprint density at radius 2 is 1.74 bits per heavy atom. The van der Waals surface area contributed by atoms with Crippen molar-refractivity contribution in [1.82, 2.24) is 5.01 Å². The molecule has 0 atom stereocenters. The van der Waals surface area contributed by atoms with Gasteiger partial charge in [0.05, 0.1) is 22.7 Å². The molecule has 2 aromatic carbocycles. The highest BCUT2D eigenvalue weighted by Crippen LogP contribution is 2.19. The molecular weight excluding hydrogens is 447 g/mol. The average Bonchev–Trinajstić information content (AvgIpc) is 2.85. The van der Waals surface area contributed by atoms with Gasteiger partial charge in [0.25, 0.3) is 5.91 Å². The zero-order chi connectivity index (χ0) is 24.8. The maximum absolute atomic E-state index is 13.5. The van der Waals surface area contributed by atoms with E-state index in [1.54, 1.807) is 43.5 Å². The number of rotatable bonds is 11. The van der Waals surface area contributed by atoms with Gasteiger partial charge in [0.2, 0.25) is 0 Å². The Bertz CT molecular complexity index is 1110. The van der Waals surface area contributed by atoms with Crippen LogP contribution in [-0.4, -0.2) is 40.2 Å². The third-order valence-electron chi connectivity index (χ3n) is 4.52. The first-order chi connectivity index (χ1) is 16.5. The van der Waals surface area contributed by atoms with E-state index in [-0.39, 0.29) is 22.4 Å². The zero-order valence-corrected chi connectivity index (χ0v) is 20.2. The van der Waals surface area contributed by atoms with E-state index in [9.17, 15) is 9.18 Å². The summed E-state index contributed by atoms with van der Waals surface area (Å²) in [5.41, 5.74) is 2.13. The molecule has 0 aromatic heterocycles. The molecule has 0 saturated carbocycles. The van der Waals surface area contributed by atoms with Crippen molar-refractivity contribution in [2.45, 2.75) is 20.3 Å². The van der Waals surface area contributed by atoms with Crippen LogP contribution < -0.4 is 0 Å². The predicted octanol–water partition coefficient (Wildman–Crippen LogP) is 6.37. The molecule has 0 spiro atoms. The Labute approximate surface area is 204 Å². The number of carbonyl (C=O) groups excluding carboxylic acids is 1. The van der Waals surface area contributed by atoms with Crippen molar-refractivity contribution in [2.75, 3.05) is 12.3 Å². The number of benzene rings is 2. The van der Waals surface area contributed by atoms with E-state index in [0.717, 1.165) is 23.7 Å². The summed E-state index contributed by atoms with van der Waals surface area (Å²) < 4.78 is 13.5. The largest absolute Gasteiger partial charge is 0.300 e. The van der Waals surface area contributed by atoms with Gasteiger partial charge in [-0.15, -0.1) is 0 Å². The lowest BCUT2D eigenvalue weighted by Gasteiger charge is -2.16. The normalized spacial score (nSPS) is 12.0. The van der Waals surface area contributed by atoms with Gasteiger partial charge < -0.3 is 5.41 Å². The number of nitrogens with one attached hydrogen (secondary N) is 2. The summed E-state index contributed by atoms with van der Waals surface area (Å²) >= 11 is 1.10. The summed E-state index contributed by atoms with van der Waals surface area (Å²) in [6.07, 6.45) is 9.55. The van der Waals surface area contributed by atoms with Crippen molar-refractivity contribution in [3.8, 4) is 0 Å². The second-order valence-electron chi connectivity index (χ2n) is 7.16. The van der Waals surface area contributed by atoms with Crippen molar-refractivity contribution in [2.24, 2.45) is 5.10 Å². The van der Waals surface area contributed by atoms with Crippen molar-refractivity contribution < 1.29 is 9.18 Å². The lowest BCUT2D eigenvalue weighted by Crippen LogP contribution is -2.29. The highest BCUT2D eigenvalue weighted by Gasteiger charge is 2.16. The van der Waals surface area contributed by atoms with Crippen LogP contribution in [-0.2, 0) is 4.79 Å². The van der Waals surface area contributed by atoms with Gasteiger partial charge in [0.1, 0.15) is 5.83 Å². The van der Waals surface area contributed by atoms with E-state index in [1.165, 1.54) is 29.3 Å². The van der Waals surface area contributed by atoms with E-state index in [4.69, 9.17) is 10.8 Å². The number of nitrogens with zero attached hydrogens (tertiary/aromatic N) is 2. The third-order valence-corrected chi connectivity index (χ3v) is 5.42. The SMILES string of the molecule is C\C=C/C(F)=C\C=C\C(=N)c1ccccc1C(=N)SCC(=O)N(CCC)/N=C/c1ccccc1. The lowest BCUT2D eigenvalue weighted by atomic mass is 10.0. The number of halogens is 1. The Hall–Kier alpha value is -3.58. The first kappa shape index (κ1) is 26.7. The molecule has 7 heteroatoms. The summed E-state index contributed by atoms with van der Waals surface area (Å²) in [6, 6.07) is 16.6. The van der Waals surface area contributed by atoms with Crippen LogP contribution in [0, 0.1) is 10.8 Å². The standard InChI is InChI=1S/C27H29FN4OS/c1-3-11-22(28)14-10-17-25(29)23-15-8-9-16-24(23)27(30)34-20-26(33)32(18-4-2)31-19-21-12-6-5-7-13-21/h3,5-17,19,29-30H,4,18,20H2,1-2H3/b11-3-,17-10+,22-14+,29-25?,30-27?,31-19+. The number of hydrogen-bond acceptors (Lipinski definition) is 5. The first-order valence-electron chi connectivity index (χ1n) is 10.9. The monoisotopic (exact) mass is 476 g/mol. The quantitative estimate of drug-likeness (QED) is 0.171. The number of hydrogen-bond donors (Lipinski definition) is 2. The van der Waals surface area contributed by atoms with Gasteiger partial charge in [-0.3, -0.25) is 10.2 Å². The number of carbonyl (C=O) groups is 1. The van der Waals surface area contributed by atoms with Crippen LogP contribution in [0.3, 0.4) is 0 Å². The van der Waals surface area contributed by atoms with Crippen LogP contribution in [0.1, 0.15) is 37.0 Å². The minimum atomic E-state index is -0.409. The molecule has 0 aliphatic heterocycles. The van der Waals surface area contributed by atoms with Gasteiger partial charge in [-0.25, -0.2) is 9.40 Å². The summed E-state index contributed by atoms with van der Waals surface area (Å²) in [5, 5.41) is 22.8. The lowest BCUT2D eigenvalue weighted by molar-refractivity contribution is -0.128. The molecule has 0 bridgehead atoms. The van der Waals surface area contributed by atoms with Crippen molar-refractivity contribution in [3.63, 3.8) is 0 Å². The third kappa shape index (κ3) is 8.75. The molecule has 0 aliphatic carbocycles. The van der Waals surface area contributed by atoms with Gasteiger partial charge >= 0.3 is 0 Å². The van der Waals surface area contributed by atoms with Crippen molar-refractivity contribution in [3.05, 3.63) is 107 Å². The summed E-state index contributed by atoms with van der Waals surface area (Å²) in [6.45, 7) is 4.18. The highest BCUT2D eigenvalue weighted by molar-refractivity contribution is 8.14. The zero-order valence-electron chi connectivity index (χ0n) is 19.4. The van der Waals surface area contributed by atoms with Gasteiger partial charge in [-0.1, -0.05) is 85.4 Å². The first-order valence-corrected chi connectivity index (χ1v) is 11.9. The fourth-order valence-electron chi connectivity index (χ4n) is 2.88. The molecule has 176 valence electrons. The van der Waals surface area contributed by atoms with E-state index in [1.807, 2.05) is 37.3 Å². The molecule has 0 saturated heterocycles. The summed E-state index contributed by atoms with van der Waals surface area (Å²) in [4.78, 5) is 12.8. The van der Waals surface area contributed by atoms with Crippen LogP contribution in [0.25, 0.3) is 0 Å². The molecule has 0 unspecified atom stereocenters. The smallest absolute Gasteiger partial charge is 0.253 e. The molecule has 2 rings (SSSR count). The van der Waals surface area contributed by atoms with E-state index < -0.39 is 5.83 Å². The van der Waals surface area contributed by atoms with E-state index in [2.05, 4.69) is 5.10 Å². The number of hydrazone groups is 1. The average molecular weight is 477 g/mol. The van der Waals surface area contributed by atoms with Crippen LogP contribution in [0.2, 0.25) is 0 Å². The second-order valence-corrected chi connectivity index (χ2v) is 8.15. The van der Waals surface area contributed by atoms with Gasteiger partial charge in [-0.05, 0) is 37.1 Å². The van der Waals surface area contributed by atoms with E-state index in [0.29, 0.717) is 17.7 Å². The Morgan fingerprint density at radius 3 is 2.41 bits per heavy atom. The molecule has 0 heterocycles. The maximum atomic E-state index is 13.5. The molecule has 0 aliphatic rings. The minimum Gasteiger partial charge on any atom is -0.300 e. The fourth-order valence-corrected chi connectivity index (χ4v) is 3.63. The van der Waals surface area contributed by atoms with Crippen LogP contribution >= 0.6 is 11.8 Å². The van der Waals surface area contributed by atoms with Crippen LogP contribution in [0.4, 0.5) is 4.39 Å². The second kappa shape index (κ2) is 14.5. The van der Waals surface area contributed by atoms with Crippen LogP contribution in [0.5, 0.6) is 0 Å². The Balaban J connectivity index is 2.06. The molecule has 0 fully saturated rings. The summed E-state index contributed by atoms with van der Waals surface area (Å²) in [7, 11) is 0. The van der Waals surface area contributed by atoms with Crippen LogP contribution in [0.15, 0.2) is 95.9 Å². The van der Waals surface area contributed by atoms with Crippen molar-refractivity contribution in [1.29, 1.82) is 10.8 Å². The van der Waals surface area contributed by atoms with Gasteiger partial charge in [0.15, 0.2) is 0 Å². The molecule has 34 heavy (non-hydrogen) atoms. The number of allylic oxidation sites excluding steroid dienone is 6.